The molecule has 0 amide bonds. The number of pyridine rings is 1. The van der Waals surface area contributed by atoms with Gasteiger partial charge in [-0.2, -0.15) is 0 Å². The van der Waals surface area contributed by atoms with E-state index in [-0.39, 0.29) is 12.5 Å². The molecule has 0 radical (unpaired) electrons. The molecule has 0 spiro atoms. The van der Waals surface area contributed by atoms with E-state index in [1.165, 1.54) is 6.42 Å². The van der Waals surface area contributed by atoms with Crippen LogP contribution in [0.2, 0.25) is 0 Å². The summed E-state index contributed by atoms with van der Waals surface area (Å²) in [5, 5.41) is 15.1. The lowest BCUT2D eigenvalue weighted by Gasteiger charge is -2.30. The number of aromatic nitrogens is 1. The molecular formula is C27H30N2O3. The minimum atomic E-state index is -1.86. The van der Waals surface area contributed by atoms with Gasteiger partial charge in [0.25, 0.3) is 0 Å². The normalized spacial score (nSPS) is 17.5. The van der Waals surface area contributed by atoms with Crippen molar-refractivity contribution < 1.29 is 14.6 Å². The highest BCUT2D eigenvalue weighted by Gasteiger charge is 2.42. The van der Waals surface area contributed by atoms with Crippen molar-refractivity contribution in [2.24, 2.45) is 5.92 Å². The Labute approximate surface area is 189 Å². The van der Waals surface area contributed by atoms with Crippen molar-refractivity contribution in [3.63, 3.8) is 0 Å². The van der Waals surface area contributed by atoms with E-state index < -0.39 is 11.6 Å². The van der Waals surface area contributed by atoms with E-state index in [1.807, 2.05) is 48.5 Å². The average molecular weight is 431 g/mol. The molecule has 2 atom stereocenters. The summed E-state index contributed by atoms with van der Waals surface area (Å²) in [7, 11) is 0. The first-order valence-electron chi connectivity index (χ1n) is 11.3. The van der Waals surface area contributed by atoms with Crippen LogP contribution in [0.4, 0.5) is 0 Å². The van der Waals surface area contributed by atoms with Gasteiger partial charge in [0.2, 0.25) is 5.60 Å². The molecule has 1 unspecified atom stereocenters. The van der Waals surface area contributed by atoms with Gasteiger partial charge in [-0.1, -0.05) is 60.7 Å². The van der Waals surface area contributed by atoms with E-state index in [4.69, 9.17) is 4.74 Å². The number of ether oxygens (including phenoxy) is 1. The maximum Gasteiger partial charge on any atom is 0.347 e. The molecule has 1 saturated heterocycles. The van der Waals surface area contributed by atoms with E-state index >= 15 is 0 Å². The number of hydrogen-bond acceptors (Lipinski definition) is 5. The van der Waals surface area contributed by atoms with Crippen molar-refractivity contribution in [1.29, 1.82) is 0 Å². The third kappa shape index (κ3) is 5.06. The van der Waals surface area contributed by atoms with Crippen LogP contribution in [-0.4, -0.2) is 35.8 Å². The summed E-state index contributed by atoms with van der Waals surface area (Å²) in [6.07, 6.45) is 6.79. The Balaban J connectivity index is 1.56. The molecule has 5 nitrogen and oxygen atoms in total. The number of nitrogens with one attached hydrogen (secondary N) is 1. The van der Waals surface area contributed by atoms with E-state index in [9.17, 15) is 9.90 Å². The zero-order valence-electron chi connectivity index (χ0n) is 18.2. The van der Waals surface area contributed by atoms with Gasteiger partial charge in [0.15, 0.2) is 0 Å². The van der Waals surface area contributed by atoms with E-state index in [0.717, 1.165) is 31.5 Å². The topological polar surface area (TPSA) is 71.5 Å². The third-order valence-electron chi connectivity index (χ3n) is 6.29. The molecule has 0 bridgehead atoms. The third-order valence-corrected chi connectivity index (χ3v) is 6.29. The van der Waals surface area contributed by atoms with Gasteiger partial charge in [0, 0.05) is 18.3 Å². The average Bonchev–Trinajstić information content (AvgIpc) is 2.88. The first kappa shape index (κ1) is 22.2. The van der Waals surface area contributed by atoms with Crippen molar-refractivity contribution >= 4 is 5.97 Å². The zero-order valence-corrected chi connectivity index (χ0v) is 18.2. The van der Waals surface area contributed by atoms with Crippen LogP contribution in [0.5, 0.6) is 0 Å². The number of nitrogens with zero attached hydrogens (tertiary/aromatic N) is 1. The summed E-state index contributed by atoms with van der Waals surface area (Å²) in [6, 6.07) is 21.9. The van der Waals surface area contributed by atoms with Crippen molar-refractivity contribution in [3.05, 3.63) is 102 Å². The van der Waals surface area contributed by atoms with Crippen LogP contribution in [0.3, 0.4) is 0 Å². The van der Waals surface area contributed by atoms with Gasteiger partial charge in [-0.25, -0.2) is 4.79 Å². The Bertz CT molecular complexity index is 934. The highest BCUT2D eigenvalue weighted by atomic mass is 16.5. The highest BCUT2D eigenvalue weighted by molar-refractivity contribution is 5.85. The highest BCUT2D eigenvalue weighted by Crippen LogP contribution is 2.33. The summed E-state index contributed by atoms with van der Waals surface area (Å²) in [6.45, 7) is 2.25. The molecule has 2 heterocycles. The van der Waals surface area contributed by atoms with Crippen molar-refractivity contribution in [1.82, 2.24) is 10.3 Å². The quantitative estimate of drug-likeness (QED) is 0.528. The molecule has 2 N–H and O–H groups in total. The van der Waals surface area contributed by atoms with Crippen LogP contribution < -0.4 is 5.32 Å². The molecular weight excluding hydrogens is 400 g/mol. The smallest absolute Gasteiger partial charge is 0.347 e. The number of esters is 1. The van der Waals surface area contributed by atoms with Gasteiger partial charge < -0.3 is 15.2 Å². The van der Waals surface area contributed by atoms with Crippen molar-refractivity contribution in [3.8, 4) is 0 Å². The summed E-state index contributed by atoms with van der Waals surface area (Å²) in [4.78, 5) is 17.5. The molecule has 1 aliphatic rings. The Morgan fingerprint density at radius 3 is 2.22 bits per heavy atom. The Kier molecular flexibility index (Phi) is 7.30. The van der Waals surface area contributed by atoms with Crippen LogP contribution in [0.1, 0.15) is 41.9 Å². The monoisotopic (exact) mass is 430 g/mol. The molecule has 0 saturated carbocycles. The van der Waals surface area contributed by atoms with Gasteiger partial charge in [0.05, 0.1) is 6.61 Å². The predicted molar refractivity (Wildman–Crippen MR) is 124 cm³/mol. The second-order valence-corrected chi connectivity index (χ2v) is 8.47. The maximum atomic E-state index is 13.4. The lowest BCUT2D eigenvalue weighted by atomic mass is 9.85. The fourth-order valence-corrected chi connectivity index (χ4v) is 4.51. The molecule has 32 heavy (non-hydrogen) atoms. The van der Waals surface area contributed by atoms with Gasteiger partial charge in [0.1, 0.15) is 0 Å². The fraction of sp³-hybridized carbons (Fsp3) is 0.333. The van der Waals surface area contributed by atoms with Crippen LogP contribution >= 0.6 is 0 Å². The number of hydrogen-bond donors (Lipinski definition) is 2. The van der Waals surface area contributed by atoms with Gasteiger partial charge >= 0.3 is 5.97 Å². The zero-order chi connectivity index (χ0) is 22.2. The molecule has 5 heteroatoms. The van der Waals surface area contributed by atoms with Crippen LogP contribution in [-0.2, 0) is 15.1 Å². The lowest BCUT2D eigenvalue weighted by Crippen LogP contribution is -2.39. The van der Waals surface area contributed by atoms with E-state index in [0.29, 0.717) is 17.0 Å². The Morgan fingerprint density at radius 2 is 1.66 bits per heavy atom. The van der Waals surface area contributed by atoms with Gasteiger partial charge in [-0.15, -0.1) is 0 Å². The molecule has 1 aromatic heterocycles. The number of carbonyl (C=O) groups excluding carboxylic acids is 1. The molecule has 4 rings (SSSR count). The van der Waals surface area contributed by atoms with Crippen molar-refractivity contribution in [2.45, 2.75) is 30.8 Å². The molecule has 3 aromatic rings. The minimum Gasteiger partial charge on any atom is -0.462 e. The second-order valence-electron chi connectivity index (χ2n) is 8.47. The molecule has 1 aliphatic heterocycles. The summed E-state index contributed by atoms with van der Waals surface area (Å²) >= 11 is 0. The Morgan fingerprint density at radius 1 is 1.03 bits per heavy atom. The summed E-state index contributed by atoms with van der Waals surface area (Å²) in [5.74, 6) is -0.0823. The van der Waals surface area contributed by atoms with Crippen molar-refractivity contribution in [2.75, 3.05) is 19.7 Å². The van der Waals surface area contributed by atoms with Gasteiger partial charge in [-0.05, 0) is 67.1 Å². The fourth-order valence-electron chi connectivity index (χ4n) is 4.51. The predicted octanol–water partition coefficient (Wildman–Crippen LogP) is 4.03. The Hall–Kier alpha value is -3.02. The van der Waals surface area contributed by atoms with E-state index in [2.05, 4.69) is 10.3 Å². The maximum absolute atomic E-state index is 13.4. The first-order chi connectivity index (χ1) is 15.7. The number of carbonyl (C=O) groups is 1. The molecule has 2 aromatic carbocycles. The van der Waals surface area contributed by atoms with Crippen LogP contribution in [0.25, 0.3) is 0 Å². The number of benzene rings is 2. The number of rotatable bonds is 8. The summed E-state index contributed by atoms with van der Waals surface area (Å²) < 4.78 is 5.84. The summed E-state index contributed by atoms with van der Waals surface area (Å²) in [5.41, 5.74) is 0.222. The largest absolute Gasteiger partial charge is 0.462 e. The van der Waals surface area contributed by atoms with Gasteiger partial charge in [-0.3, -0.25) is 4.98 Å². The molecule has 0 aliphatic carbocycles. The van der Waals surface area contributed by atoms with E-state index in [1.54, 1.807) is 36.7 Å². The van der Waals surface area contributed by atoms with Crippen LogP contribution in [0, 0.1) is 5.92 Å². The second kappa shape index (κ2) is 10.5. The number of piperidine rings is 1. The number of aliphatic hydroxyl groups is 1. The lowest BCUT2D eigenvalue weighted by molar-refractivity contribution is -0.163. The minimum absolute atomic E-state index is 0.0441. The van der Waals surface area contributed by atoms with Crippen LogP contribution in [0.15, 0.2) is 85.2 Å². The molecule has 166 valence electrons. The standard InChI is InChI=1S/C27H30N2O3/c30-26(27(31,24-9-3-1-4-10-24)25-11-5-2-6-12-25)32-20-23(22-13-16-28-17-14-22)18-21-8-7-15-29-19-21/h1-6,9-14,16-17,21,23,29,31H,7-8,15,18-20H2/t21-,23?/m1/s1. The first-order valence-corrected chi connectivity index (χ1v) is 11.3. The molecule has 1 fully saturated rings. The SMILES string of the molecule is O=C(OCC(C[C@H]1CCCNC1)c1ccncc1)C(O)(c1ccccc1)c1ccccc1.